The average molecular weight is 424 g/mol. The molecule has 2 aliphatic rings. The van der Waals surface area contributed by atoms with Crippen LogP contribution in [-0.4, -0.2) is 54.8 Å². The summed E-state index contributed by atoms with van der Waals surface area (Å²) in [6, 6.07) is 4.54. The Balaban J connectivity index is 1.57. The van der Waals surface area contributed by atoms with Crippen LogP contribution in [0.1, 0.15) is 37.7 Å². The van der Waals surface area contributed by atoms with Gasteiger partial charge in [-0.2, -0.15) is 8.78 Å². The molecule has 9 heteroatoms. The highest BCUT2D eigenvalue weighted by atomic mass is 19.3. The second-order valence-electron chi connectivity index (χ2n) is 7.69. The summed E-state index contributed by atoms with van der Waals surface area (Å²) in [7, 11) is 2.92. The predicted molar refractivity (Wildman–Crippen MR) is 103 cm³/mol. The second kappa shape index (κ2) is 9.40. The maximum atomic E-state index is 12.6. The van der Waals surface area contributed by atoms with E-state index in [9.17, 15) is 23.2 Å². The van der Waals surface area contributed by atoms with E-state index >= 15 is 0 Å². The van der Waals surface area contributed by atoms with Crippen LogP contribution >= 0.6 is 0 Å². The normalized spacial score (nSPS) is 21.0. The summed E-state index contributed by atoms with van der Waals surface area (Å²) < 4.78 is 34.6. The zero-order valence-electron chi connectivity index (χ0n) is 17.1. The fourth-order valence-electron chi connectivity index (χ4n) is 4.22. The van der Waals surface area contributed by atoms with Gasteiger partial charge < -0.3 is 14.4 Å². The molecule has 1 saturated heterocycles. The van der Waals surface area contributed by atoms with Crippen molar-refractivity contribution in [1.29, 1.82) is 0 Å². The van der Waals surface area contributed by atoms with E-state index in [4.69, 9.17) is 4.74 Å². The number of benzene rings is 1. The van der Waals surface area contributed by atoms with Gasteiger partial charge in [-0.25, -0.2) is 0 Å². The standard InChI is InChI=1S/C21H26F2N2O5/c1-24(12-13-7-8-16(29-2)17(11-13)30-21(22)23)18(26)9-10-25-19(27)14-5-3-4-6-15(14)20(25)28/h7-8,11,14-15,21H,3-6,9-10,12H2,1-2H3. The minimum atomic E-state index is -2.99. The molecule has 1 aliphatic carbocycles. The number of imide groups is 1. The number of fused-ring (bicyclic) bond motifs is 1. The summed E-state index contributed by atoms with van der Waals surface area (Å²) >= 11 is 0. The number of hydrogen-bond acceptors (Lipinski definition) is 5. The third-order valence-corrected chi connectivity index (χ3v) is 5.77. The summed E-state index contributed by atoms with van der Waals surface area (Å²) in [6.07, 6.45) is 3.40. The summed E-state index contributed by atoms with van der Waals surface area (Å²) in [5, 5.41) is 0. The van der Waals surface area contributed by atoms with Gasteiger partial charge in [0, 0.05) is 26.6 Å². The summed E-state index contributed by atoms with van der Waals surface area (Å²) in [5.74, 6) is -0.980. The molecule has 3 amide bonds. The lowest BCUT2D eigenvalue weighted by Crippen LogP contribution is -2.36. The number of rotatable bonds is 8. The minimum absolute atomic E-state index is 0.0178. The Morgan fingerprint density at radius 3 is 2.37 bits per heavy atom. The monoisotopic (exact) mass is 424 g/mol. The summed E-state index contributed by atoms with van der Waals surface area (Å²) in [4.78, 5) is 40.2. The molecule has 0 spiro atoms. The number of alkyl halides is 2. The van der Waals surface area contributed by atoms with Crippen molar-refractivity contribution in [2.24, 2.45) is 11.8 Å². The Morgan fingerprint density at radius 1 is 1.17 bits per heavy atom. The van der Waals surface area contributed by atoms with Crippen molar-refractivity contribution in [3.63, 3.8) is 0 Å². The first-order valence-corrected chi connectivity index (χ1v) is 10.0. The molecule has 2 unspecified atom stereocenters. The lowest BCUT2D eigenvalue weighted by molar-refractivity contribution is -0.140. The molecular formula is C21H26F2N2O5. The van der Waals surface area contributed by atoms with Crippen molar-refractivity contribution >= 4 is 17.7 Å². The fraction of sp³-hybridized carbons (Fsp3) is 0.571. The molecule has 7 nitrogen and oxygen atoms in total. The van der Waals surface area contributed by atoms with Gasteiger partial charge in [-0.3, -0.25) is 19.3 Å². The van der Waals surface area contributed by atoms with Crippen LogP contribution in [0, 0.1) is 11.8 Å². The summed E-state index contributed by atoms with van der Waals surface area (Å²) in [6.45, 7) is -2.76. The lowest BCUT2D eigenvalue weighted by Gasteiger charge is -2.20. The van der Waals surface area contributed by atoms with Crippen LogP contribution in [0.2, 0.25) is 0 Å². The summed E-state index contributed by atoms with van der Waals surface area (Å²) in [5.41, 5.74) is 0.585. The number of halogens is 2. The average Bonchev–Trinajstić information content (AvgIpc) is 2.96. The van der Waals surface area contributed by atoms with E-state index in [2.05, 4.69) is 4.74 Å². The van der Waals surface area contributed by atoms with Crippen molar-refractivity contribution in [2.75, 3.05) is 20.7 Å². The Kier molecular flexibility index (Phi) is 6.89. The smallest absolute Gasteiger partial charge is 0.387 e. The van der Waals surface area contributed by atoms with Crippen molar-refractivity contribution in [2.45, 2.75) is 45.3 Å². The molecule has 1 heterocycles. The number of methoxy groups -OCH3 is 1. The van der Waals surface area contributed by atoms with Gasteiger partial charge in [0.15, 0.2) is 11.5 Å². The molecule has 0 radical (unpaired) electrons. The van der Waals surface area contributed by atoms with Crippen LogP contribution in [0.5, 0.6) is 11.5 Å². The van der Waals surface area contributed by atoms with Crippen molar-refractivity contribution < 1.29 is 32.6 Å². The van der Waals surface area contributed by atoms with Gasteiger partial charge in [-0.15, -0.1) is 0 Å². The first-order chi connectivity index (χ1) is 14.3. The Bertz CT molecular complexity index is 793. The zero-order valence-corrected chi connectivity index (χ0v) is 17.1. The van der Waals surface area contributed by atoms with Crippen LogP contribution in [0.3, 0.4) is 0 Å². The molecule has 1 saturated carbocycles. The van der Waals surface area contributed by atoms with E-state index in [-0.39, 0.29) is 60.6 Å². The molecule has 1 aromatic carbocycles. The highest BCUT2D eigenvalue weighted by Crippen LogP contribution is 2.38. The van der Waals surface area contributed by atoms with Crippen molar-refractivity contribution in [3.05, 3.63) is 23.8 Å². The first kappa shape index (κ1) is 22.0. The van der Waals surface area contributed by atoms with Crippen LogP contribution in [0.4, 0.5) is 8.78 Å². The molecular weight excluding hydrogens is 398 g/mol. The molecule has 0 N–H and O–H groups in total. The van der Waals surface area contributed by atoms with Gasteiger partial charge >= 0.3 is 6.61 Å². The molecule has 164 valence electrons. The highest BCUT2D eigenvalue weighted by molar-refractivity contribution is 6.05. The minimum Gasteiger partial charge on any atom is -0.493 e. The quantitative estimate of drug-likeness (QED) is 0.600. The molecule has 1 aromatic rings. The number of carbonyl (C=O) groups excluding carboxylic acids is 3. The SMILES string of the molecule is COc1ccc(CN(C)C(=O)CCN2C(=O)C3CCCCC3C2=O)cc1OC(F)F. The number of amides is 3. The Morgan fingerprint density at radius 2 is 1.80 bits per heavy atom. The first-order valence-electron chi connectivity index (χ1n) is 10.0. The van der Waals surface area contributed by atoms with Crippen LogP contribution in [0.25, 0.3) is 0 Å². The maximum Gasteiger partial charge on any atom is 0.387 e. The van der Waals surface area contributed by atoms with Crippen molar-refractivity contribution in [3.8, 4) is 11.5 Å². The number of ether oxygens (including phenoxy) is 2. The van der Waals surface area contributed by atoms with E-state index < -0.39 is 6.61 Å². The fourth-order valence-corrected chi connectivity index (χ4v) is 4.22. The number of nitrogens with zero attached hydrogens (tertiary/aromatic N) is 2. The van der Waals surface area contributed by atoms with Crippen LogP contribution in [0.15, 0.2) is 18.2 Å². The maximum absolute atomic E-state index is 12.6. The third-order valence-electron chi connectivity index (χ3n) is 5.77. The molecule has 1 aliphatic heterocycles. The van der Waals surface area contributed by atoms with Crippen molar-refractivity contribution in [1.82, 2.24) is 9.80 Å². The van der Waals surface area contributed by atoms with E-state index in [1.807, 2.05) is 0 Å². The molecule has 2 fully saturated rings. The topological polar surface area (TPSA) is 76.2 Å². The van der Waals surface area contributed by atoms with Crippen LogP contribution in [-0.2, 0) is 20.9 Å². The van der Waals surface area contributed by atoms with Gasteiger partial charge in [-0.05, 0) is 30.5 Å². The molecule has 3 rings (SSSR count). The zero-order chi connectivity index (χ0) is 21.8. The molecule has 0 aromatic heterocycles. The van der Waals surface area contributed by atoms with Gasteiger partial charge in [0.2, 0.25) is 17.7 Å². The second-order valence-corrected chi connectivity index (χ2v) is 7.69. The Labute approximate surface area is 173 Å². The molecule has 0 bridgehead atoms. The van der Waals surface area contributed by atoms with E-state index in [0.717, 1.165) is 25.7 Å². The van der Waals surface area contributed by atoms with Gasteiger partial charge in [0.25, 0.3) is 0 Å². The molecule has 30 heavy (non-hydrogen) atoms. The Hall–Kier alpha value is -2.71. The third kappa shape index (κ3) is 4.71. The van der Waals surface area contributed by atoms with Gasteiger partial charge in [0.05, 0.1) is 18.9 Å². The molecule has 2 atom stereocenters. The highest BCUT2D eigenvalue weighted by Gasteiger charge is 2.47. The number of hydrogen-bond donors (Lipinski definition) is 0. The van der Waals surface area contributed by atoms with E-state index in [0.29, 0.717) is 5.56 Å². The largest absolute Gasteiger partial charge is 0.493 e. The van der Waals surface area contributed by atoms with E-state index in [1.165, 1.54) is 29.0 Å². The number of carbonyl (C=O) groups is 3. The lowest BCUT2D eigenvalue weighted by atomic mass is 9.81. The predicted octanol–water partition coefficient (Wildman–Crippen LogP) is 2.82. The van der Waals surface area contributed by atoms with Crippen LogP contribution < -0.4 is 9.47 Å². The van der Waals surface area contributed by atoms with Gasteiger partial charge in [0.1, 0.15) is 0 Å². The van der Waals surface area contributed by atoms with E-state index in [1.54, 1.807) is 13.1 Å². The van der Waals surface area contributed by atoms with Gasteiger partial charge in [-0.1, -0.05) is 18.9 Å². The number of likely N-dealkylation sites (tertiary alicyclic amines) is 1.